The number of carbonyl (C=O) groups excluding carboxylic acids is 2. The summed E-state index contributed by atoms with van der Waals surface area (Å²) < 4.78 is 5.13. The molecule has 1 aliphatic heterocycles. The lowest BCUT2D eigenvalue weighted by atomic mass is 10.2. The second-order valence-corrected chi connectivity index (χ2v) is 5.00. The Kier molecular flexibility index (Phi) is 4.05. The molecule has 112 valence electrons. The van der Waals surface area contributed by atoms with E-state index in [0.29, 0.717) is 24.4 Å². The molecule has 1 aliphatic rings. The zero-order chi connectivity index (χ0) is 15.4. The SMILES string of the molecule is O=C(C=Cc1ccco1)Nc1ccccc1N1CCCC1=O. The van der Waals surface area contributed by atoms with Crippen molar-refractivity contribution < 1.29 is 14.0 Å². The van der Waals surface area contributed by atoms with Gasteiger partial charge in [-0.25, -0.2) is 0 Å². The van der Waals surface area contributed by atoms with Gasteiger partial charge in [-0.2, -0.15) is 0 Å². The lowest BCUT2D eigenvalue weighted by Crippen LogP contribution is -2.25. The van der Waals surface area contributed by atoms with Crippen LogP contribution in [0.25, 0.3) is 6.08 Å². The Morgan fingerprint density at radius 3 is 2.82 bits per heavy atom. The summed E-state index contributed by atoms with van der Waals surface area (Å²) in [7, 11) is 0. The zero-order valence-electron chi connectivity index (χ0n) is 12.0. The molecule has 2 aromatic rings. The Morgan fingerprint density at radius 2 is 2.09 bits per heavy atom. The first-order valence-corrected chi connectivity index (χ1v) is 7.16. The summed E-state index contributed by atoms with van der Waals surface area (Å²) in [5.74, 6) is 0.432. The molecule has 0 unspecified atom stereocenters. The summed E-state index contributed by atoms with van der Waals surface area (Å²) in [5, 5.41) is 2.81. The summed E-state index contributed by atoms with van der Waals surface area (Å²) in [6.45, 7) is 0.688. The van der Waals surface area contributed by atoms with E-state index in [0.717, 1.165) is 12.1 Å². The fourth-order valence-corrected chi connectivity index (χ4v) is 2.44. The van der Waals surface area contributed by atoms with Gasteiger partial charge in [-0.05, 0) is 36.8 Å². The highest BCUT2D eigenvalue weighted by atomic mass is 16.3. The van der Waals surface area contributed by atoms with Crippen molar-refractivity contribution in [3.8, 4) is 0 Å². The minimum Gasteiger partial charge on any atom is -0.465 e. The van der Waals surface area contributed by atoms with E-state index < -0.39 is 0 Å². The van der Waals surface area contributed by atoms with Crippen molar-refractivity contribution in [2.75, 3.05) is 16.8 Å². The smallest absolute Gasteiger partial charge is 0.248 e. The zero-order valence-corrected chi connectivity index (χ0v) is 12.0. The molecule has 0 aliphatic carbocycles. The highest BCUT2D eigenvalue weighted by Gasteiger charge is 2.23. The fraction of sp³-hybridized carbons (Fsp3) is 0.176. The molecule has 0 bridgehead atoms. The number of benzene rings is 1. The van der Waals surface area contributed by atoms with Crippen LogP contribution < -0.4 is 10.2 Å². The van der Waals surface area contributed by atoms with E-state index in [1.165, 1.54) is 6.08 Å². The Balaban J connectivity index is 1.75. The minimum atomic E-state index is -0.268. The Morgan fingerprint density at radius 1 is 1.23 bits per heavy atom. The maximum absolute atomic E-state index is 12.0. The van der Waals surface area contributed by atoms with E-state index in [1.807, 2.05) is 18.2 Å². The lowest BCUT2D eigenvalue weighted by Gasteiger charge is -2.19. The van der Waals surface area contributed by atoms with E-state index in [2.05, 4.69) is 5.32 Å². The van der Waals surface area contributed by atoms with Gasteiger partial charge < -0.3 is 14.6 Å². The maximum atomic E-state index is 12.0. The van der Waals surface area contributed by atoms with Crippen LogP contribution in [0.5, 0.6) is 0 Å². The number of rotatable bonds is 4. The molecule has 0 radical (unpaired) electrons. The van der Waals surface area contributed by atoms with E-state index in [4.69, 9.17) is 4.42 Å². The number of hydrogen-bond acceptors (Lipinski definition) is 3. The van der Waals surface area contributed by atoms with Crippen LogP contribution in [-0.4, -0.2) is 18.4 Å². The van der Waals surface area contributed by atoms with Gasteiger partial charge in [-0.1, -0.05) is 12.1 Å². The van der Waals surface area contributed by atoms with Gasteiger partial charge in [-0.15, -0.1) is 0 Å². The molecule has 1 N–H and O–H groups in total. The molecule has 3 rings (SSSR count). The molecule has 0 atom stereocenters. The molecule has 5 heteroatoms. The molecule has 1 fully saturated rings. The summed E-state index contributed by atoms with van der Waals surface area (Å²) in [6, 6.07) is 10.8. The van der Waals surface area contributed by atoms with Gasteiger partial charge in [0.1, 0.15) is 5.76 Å². The average Bonchev–Trinajstić information content (AvgIpc) is 3.17. The van der Waals surface area contributed by atoms with Gasteiger partial charge in [0, 0.05) is 19.0 Å². The molecule has 2 amide bonds. The van der Waals surface area contributed by atoms with Crippen LogP contribution in [0.3, 0.4) is 0 Å². The van der Waals surface area contributed by atoms with Crippen LogP contribution in [0.15, 0.2) is 53.2 Å². The summed E-state index contributed by atoms with van der Waals surface area (Å²) in [5.41, 5.74) is 1.37. The number of amides is 2. The van der Waals surface area contributed by atoms with Crippen LogP contribution >= 0.6 is 0 Å². The molecule has 1 saturated heterocycles. The topological polar surface area (TPSA) is 62.6 Å². The largest absolute Gasteiger partial charge is 0.465 e. The normalized spacial score (nSPS) is 14.7. The van der Waals surface area contributed by atoms with Crippen molar-refractivity contribution in [3.05, 3.63) is 54.5 Å². The molecular formula is C17H16N2O3. The van der Waals surface area contributed by atoms with Crippen molar-refractivity contribution in [1.82, 2.24) is 0 Å². The van der Waals surface area contributed by atoms with E-state index in [1.54, 1.807) is 35.4 Å². The van der Waals surface area contributed by atoms with Gasteiger partial charge in [0.15, 0.2) is 0 Å². The molecule has 2 heterocycles. The Bertz CT molecular complexity index is 704. The summed E-state index contributed by atoms with van der Waals surface area (Å²) in [6.07, 6.45) is 5.95. The third kappa shape index (κ3) is 3.09. The molecular weight excluding hydrogens is 280 g/mol. The standard InChI is InChI=1S/C17H16N2O3/c20-16(10-9-13-5-4-12-22-13)18-14-6-1-2-7-15(14)19-11-3-8-17(19)21/h1-2,4-7,9-10,12H,3,8,11H2,(H,18,20). The van der Waals surface area contributed by atoms with Crippen molar-refractivity contribution in [3.63, 3.8) is 0 Å². The molecule has 1 aromatic carbocycles. The first kappa shape index (κ1) is 14.1. The summed E-state index contributed by atoms with van der Waals surface area (Å²) in [4.78, 5) is 25.6. The molecule has 1 aromatic heterocycles. The third-order valence-corrected chi connectivity index (χ3v) is 3.47. The quantitative estimate of drug-likeness (QED) is 0.882. The van der Waals surface area contributed by atoms with Gasteiger partial charge in [-0.3, -0.25) is 9.59 Å². The van der Waals surface area contributed by atoms with Crippen LogP contribution in [-0.2, 0) is 9.59 Å². The first-order valence-electron chi connectivity index (χ1n) is 7.16. The van der Waals surface area contributed by atoms with Crippen molar-refractivity contribution in [2.45, 2.75) is 12.8 Å². The number of para-hydroxylation sites is 2. The van der Waals surface area contributed by atoms with Crippen LogP contribution in [0, 0.1) is 0 Å². The highest BCUT2D eigenvalue weighted by Crippen LogP contribution is 2.29. The third-order valence-electron chi connectivity index (χ3n) is 3.47. The number of furan rings is 1. The van der Waals surface area contributed by atoms with Crippen LogP contribution in [0.2, 0.25) is 0 Å². The van der Waals surface area contributed by atoms with E-state index in [-0.39, 0.29) is 11.8 Å². The molecule has 22 heavy (non-hydrogen) atoms. The van der Waals surface area contributed by atoms with Crippen LogP contribution in [0.1, 0.15) is 18.6 Å². The number of nitrogens with zero attached hydrogens (tertiary/aromatic N) is 1. The monoisotopic (exact) mass is 296 g/mol. The Hall–Kier alpha value is -2.82. The van der Waals surface area contributed by atoms with Crippen molar-refractivity contribution in [2.24, 2.45) is 0 Å². The lowest BCUT2D eigenvalue weighted by molar-refractivity contribution is -0.117. The summed E-state index contributed by atoms with van der Waals surface area (Å²) >= 11 is 0. The van der Waals surface area contributed by atoms with Gasteiger partial charge in [0.2, 0.25) is 11.8 Å². The van der Waals surface area contributed by atoms with Crippen molar-refractivity contribution in [1.29, 1.82) is 0 Å². The Labute approximate surface area is 128 Å². The molecule has 5 nitrogen and oxygen atoms in total. The molecule has 0 saturated carbocycles. The second-order valence-electron chi connectivity index (χ2n) is 5.00. The van der Waals surface area contributed by atoms with E-state index in [9.17, 15) is 9.59 Å². The van der Waals surface area contributed by atoms with Gasteiger partial charge in [0.05, 0.1) is 17.6 Å². The number of nitrogens with one attached hydrogen (secondary N) is 1. The minimum absolute atomic E-state index is 0.0906. The predicted octanol–water partition coefficient (Wildman–Crippen LogP) is 3.06. The fourth-order valence-electron chi connectivity index (χ4n) is 2.44. The number of hydrogen-bond donors (Lipinski definition) is 1. The molecule has 0 spiro atoms. The van der Waals surface area contributed by atoms with Gasteiger partial charge in [0.25, 0.3) is 0 Å². The maximum Gasteiger partial charge on any atom is 0.248 e. The highest BCUT2D eigenvalue weighted by molar-refractivity contribution is 6.06. The number of carbonyl (C=O) groups is 2. The van der Waals surface area contributed by atoms with E-state index >= 15 is 0 Å². The van der Waals surface area contributed by atoms with Gasteiger partial charge >= 0.3 is 0 Å². The second kappa shape index (κ2) is 6.30. The predicted molar refractivity (Wildman–Crippen MR) is 84.4 cm³/mol. The first-order chi connectivity index (χ1) is 10.7. The van der Waals surface area contributed by atoms with Crippen LogP contribution in [0.4, 0.5) is 11.4 Å². The number of anilines is 2. The van der Waals surface area contributed by atoms with Crippen molar-refractivity contribution >= 4 is 29.3 Å². The average molecular weight is 296 g/mol.